The zero-order valence-corrected chi connectivity index (χ0v) is 16.4. The van der Waals surface area contributed by atoms with Crippen molar-refractivity contribution in [1.82, 2.24) is 4.90 Å². The molecule has 2 saturated carbocycles. The normalized spacial score (nSPS) is 33.6. The lowest BCUT2D eigenvalue weighted by molar-refractivity contribution is -0.0241. The number of piperidine rings is 1. The van der Waals surface area contributed by atoms with Crippen LogP contribution in [-0.2, 0) is 18.4 Å². The van der Waals surface area contributed by atoms with E-state index in [0.717, 1.165) is 18.3 Å². The van der Waals surface area contributed by atoms with Crippen molar-refractivity contribution in [1.29, 1.82) is 0 Å². The van der Waals surface area contributed by atoms with E-state index < -0.39 is 0 Å². The molecule has 0 unspecified atom stereocenters. The highest BCUT2D eigenvalue weighted by Crippen LogP contribution is 2.56. The molecule has 2 bridgehead atoms. The van der Waals surface area contributed by atoms with E-state index in [4.69, 9.17) is 0 Å². The Morgan fingerprint density at radius 2 is 1.92 bits per heavy atom. The number of aromatic hydroxyl groups is 1. The Balaban J connectivity index is 0.00000168. The summed E-state index contributed by atoms with van der Waals surface area (Å²) in [7, 11) is 0. The minimum absolute atomic E-state index is 0. The van der Waals surface area contributed by atoms with Gasteiger partial charge in [-0.25, -0.2) is 0 Å². The fourth-order valence-electron chi connectivity index (χ4n) is 6.54. The standard InChI is InChI=1S/C22H31NO2.ClH/c24-14-17-10-16-11-20-18-6-1-2-7-22(18,19(16)12-21(17)25)8-9-23(20)13-15-4-3-5-15;/h10,12,15,18,20,24-25H,1-9,11,13-14H2;1H/t18-,20+,22+;/m0./s1. The number of benzene rings is 1. The molecule has 1 heterocycles. The predicted octanol–water partition coefficient (Wildman–Crippen LogP) is 4.16. The first-order valence-corrected chi connectivity index (χ1v) is 10.4. The lowest BCUT2D eigenvalue weighted by atomic mass is 9.52. The summed E-state index contributed by atoms with van der Waals surface area (Å²) in [4.78, 5) is 2.83. The van der Waals surface area contributed by atoms with Gasteiger partial charge in [0.1, 0.15) is 5.75 Å². The van der Waals surface area contributed by atoms with Crippen molar-refractivity contribution >= 4 is 12.4 Å². The first-order chi connectivity index (χ1) is 12.2. The average Bonchev–Trinajstić information content (AvgIpc) is 2.59. The van der Waals surface area contributed by atoms with Crippen LogP contribution in [0.2, 0.25) is 0 Å². The third-order valence-corrected chi connectivity index (χ3v) is 8.03. The number of hydrogen-bond acceptors (Lipinski definition) is 3. The van der Waals surface area contributed by atoms with Crippen molar-refractivity contribution in [3.63, 3.8) is 0 Å². The van der Waals surface area contributed by atoms with Gasteiger partial charge in [0, 0.05) is 23.6 Å². The number of aliphatic hydroxyl groups is 1. The van der Waals surface area contributed by atoms with E-state index in [0.29, 0.717) is 17.4 Å². The molecule has 5 rings (SSSR count). The Morgan fingerprint density at radius 1 is 1.08 bits per heavy atom. The van der Waals surface area contributed by atoms with Gasteiger partial charge in [0.05, 0.1) is 6.61 Å². The van der Waals surface area contributed by atoms with E-state index in [-0.39, 0.29) is 24.4 Å². The van der Waals surface area contributed by atoms with Gasteiger partial charge in [-0.05, 0) is 80.2 Å². The highest BCUT2D eigenvalue weighted by molar-refractivity contribution is 5.85. The van der Waals surface area contributed by atoms with E-state index in [1.54, 1.807) is 0 Å². The van der Waals surface area contributed by atoms with Crippen molar-refractivity contribution in [3.8, 4) is 5.75 Å². The summed E-state index contributed by atoms with van der Waals surface area (Å²) in [6.07, 6.45) is 12.0. The number of halogens is 1. The summed E-state index contributed by atoms with van der Waals surface area (Å²) in [5.41, 5.74) is 3.82. The zero-order chi connectivity index (χ0) is 17.0. The number of likely N-dealkylation sites (tertiary alicyclic amines) is 1. The molecule has 0 radical (unpaired) electrons. The van der Waals surface area contributed by atoms with Crippen LogP contribution in [0.5, 0.6) is 5.75 Å². The van der Waals surface area contributed by atoms with Crippen LogP contribution in [0, 0.1) is 11.8 Å². The highest BCUT2D eigenvalue weighted by atomic mass is 35.5. The number of aliphatic hydroxyl groups excluding tert-OH is 1. The summed E-state index contributed by atoms with van der Waals surface area (Å²) in [5, 5.41) is 20.0. The maximum atomic E-state index is 10.4. The highest BCUT2D eigenvalue weighted by Gasteiger charge is 2.54. The molecule has 3 nitrogen and oxygen atoms in total. The molecule has 1 saturated heterocycles. The van der Waals surface area contributed by atoms with Gasteiger partial charge in [0.15, 0.2) is 0 Å². The second kappa shape index (κ2) is 7.00. The van der Waals surface area contributed by atoms with Gasteiger partial charge in [0.2, 0.25) is 0 Å². The molecule has 144 valence electrons. The van der Waals surface area contributed by atoms with E-state index in [1.165, 1.54) is 75.6 Å². The lowest BCUT2D eigenvalue weighted by Crippen LogP contribution is -2.61. The first kappa shape index (κ1) is 18.6. The molecular formula is C22H32ClNO2. The third kappa shape index (κ3) is 2.70. The van der Waals surface area contributed by atoms with E-state index in [9.17, 15) is 10.2 Å². The molecule has 2 N–H and O–H groups in total. The smallest absolute Gasteiger partial charge is 0.121 e. The second-order valence-corrected chi connectivity index (χ2v) is 9.12. The Bertz CT molecular complexity index is 674. The van der Waals surface area contributed by atoms with Gasteiger partial charge in [-0.15, -0.1) is 12.4 Å². The third-order valence-electron chi connectivity index (χ3n) is 8.03. The fraction of sp³-hybridized carbons (Fsp3) is 0.727. The van der Waals surface area contributed by atoms with Crippen molar-refractivity contribution in [3.05, 3.63) is 28.8 Å². The topological polar surface area (TPSA) is 43.7 Å². The molecule has 1 aromatic carbocycles. The molecule has 0 spiro atoms. The largest absolute Gasteiger partial charge is 0.508 e. The summed E-state index contributed by atoms with van der Waals surface area (Å²) >= 11 is 0. The Labute approximate surface area is 163 Å². The Hall–Kier alpha value is -0.770. The van der Waals surface area contributed by atoms with E-state index in [2.05, 4.69) is 11.0 Å². The van der Waals surface area contributed by atoms with Crippen molar-refractivity contribution < 1.29 is 10.2 Å². The van der Waals surface area contributed by atoms with Crippen LogP contribution in [-0.4, -0.2) is 34.2 Å². The molecule has 0 amide bonds. The summed E-state index contributed by atoms with van der Waals surface area (Å²) < 4.78 is 0. The van der Waals surface area contributed by atoms with Crippen LogP contribution in [0.25, 0.3) is 0 Å². The SMILES string of the molecule is Cl.OCc1cc2c(cc1O)[C@@]13CCCC[C@H]1[C@@H](C2)N(CC1CCC1)CC3. The number of hydrogen-bond donors (Lipinski definition) is 2. The van der Waals surface area contributed by atoms with Crippen LogP contribution in [0.15, 0.2) is 12.1 Å². The van der Waals surface area contributed by atoms with Crippen LogP contribution in [0.1, 0.15) is 68.1 Å². The fourth-order valence-corrected chi connectivity index (χ4v) is 6.54. The van der Waals surface area contributed by atoms with Gasteiger partial charge < -0.3 is 10.2 Å². The van der Waals surface area contributed by atoms with E-state index in [1.807, 2.05) is 6.07 Å². The van der Waals surface area contributed by atoms with Crippen molar-refractivity contribution in [2.75, 3.05) is 13.1 Å². The van der Waals surface area contributed by atoms with Crippen LogP contribution in [0.3, 0.4) is 0 Å². The van der Waals surface area contributed by atoms with Gasteiger partial charge in [-0.2, -0.15) is 0 Å². The average molecular weight is 378 g/mol. The summed E-state index contributed by atoms with van der Waals surface area (Å²) in [6, 6.07) is 4.81. The van der Waals surface area contributed by atoms with Crippen molar-refractivity contribution in [2.45, 2.75) is 75.9 Å². The number of phenols is 1. The Morgan fingerprint density at radius 3 is 2.65 bits per heavy atom. The number of nitrogens with zero attached hydrogens (tertiary/aromatic N) is 1. The molecule has 1 aliphatic heterocycles. The van der Waals surface area contributed by atoms with Gasteiger partial charge in [-0.1, -0.05) is 19.3 Å². The minimum atomic E-state index is -0.0635. The van der Waals surface area contributed by atoms with Crippen LogP contribution in [0.4, 0.5) is 0 Å². The van der Waals surface area contributed by atoms with E-state index >= 15 is 0 Å². The Kier molecular flexibility index (Phi) is 5.00. The van der Waals surface area contributed by atoms with Gasteiger partial charge in [0.25, 0.3) is 0 Å². The van der Waals surface area contributed by atoms with Gasteiger partial charge >= 0.3 is 0 Å². The summed E-state index contributed by atoms with van der Waals surface area (Å²) in [6.45, 7) is 2.48. The predicted molar refractivity (Wildman–Crippen MR) is 106 cm³/mol. The molecule has 1 aromatic rings. The first-order valence-electron chi connectivity index (χ1n) is 10.4. The number of rotatable bonds is 3. The van der Waals surface area contributed by atoms with Crippen molar-refractivity contribution in [2.24, 2.45) is 11.8 Å². The second-order valence-electron chi connectivity index (χ2n) is 9.12. The maximum Gasteiger partial charge on any atom is 0.121 e. The van der Waals surface area contributed by atoms with Crippen LogP contribution < -0.4 is 0 Å². The molecule has 3 fully saturated rings. The maximum absolute atomic E-state index is 10.4. The molecule has 4 aliphatic rings. The molecule has 4 heteroatoms. The zero-order valence-electron chi connectivity index (χ0n) is 15.6. The molecular weight excluding hydrogens is 346 g/mol. The summed E-state index contributed by atoms with van der Waals surface area (Å²) in [5.74, 6) is 2.00. The number of fused-ring (bicyclic) bond motifs is 1. The molecule has 26 heavy (non-hydrogen) atoms. The molecule has 3 atom stereocenters. The minimum Gasteiger partial charge on any atom is -0.508 e. The van der Waals surface area contributed by atoms with Crippen LogP contribution >= 0.6 is 12.4 Å². The monoisotopic (exact) mass is 377 g/mol. The molecule has 0 aromatic heterocycles. The molecule has 3 aliphatic carbocycles. The van der Waals surface area contributed by atoms with Gasteiger partial charge in [-0.3, -0.25) is 4.90 Å². The lowest BCUT2D eigenvalue weighted by Gasteiger charge is -2.59. The quantitative estimate of drug-likeness (QED) is 0.831.